The molecule has 0 bridgehead atoms. The maximum absolute atomic E-state index is 11.5. The van der Waals surface area contributed by atoms with Crippen molar-refractivity contribution in [2.45, 2.75) is 26.3 Å². The van der Waals surface area contributed by atoms with Gasteiger partial charge in [0, 0.05) is 10.5 Å². The Morgan fingerprint density at radius 3 is 2.56 bits per heavy atom. The molecule has 0 saturated carbocycles. The minimum atomic E-state index is -2.87. The van der Waals surface area contributed by atoms with Crippen LogP contribution in [0.4, 0.5) is 0 Å². The number of hydrogen-bond acceptors (Lipinski definition) is 3. The molecule has 1 fully saturated rings. The van der Waals surface area contributed by atoms with E-state index in [1.54, 1.807) is 0 Å². The van der Waals surface area contributed by atoms with Gasteiger partial charge in [0.15, 0.2) is 9.84 Å². The number of aryl methyl sites for hydroxylation is 2. The van der Waals surface area contributed by atoms with Gasteiger partial charge in [0.25, 0.3) is 0 Å². The lowest BCUT2D eigenvalue weighted by Gasteiger charge is -2.21. The molecule has 1 heterocycles. The summed E-state index contributed by atoms with van der Waals surface area (Å²) in [6, 6.07) is 3.93. The van der Waals surface area contributed by atoms with Gasteiger partial charge >= 0.3 is 0 Å². The van der Waals surface area contributed by atoms with E-state index >= 15 is 0 Å². The van der Waals surface area contributed by atoms with Gasteiger partial charge in [-0.2, -0.15) is 0 Å². The zero-order chi connectivity index (χ0) is 13.5. The Morgan fingerprint density at radius 2 is 2.00 bits per heavy atom. The summed E-state index contributed by atoms with van der Waals surface area (Å²) >= 11 is 3.49. The average Bonchev–Trinajstić information content (AvgIpc) is 2.63. The van der Waals surface area contributed by atoms with Crippen LogP contribution in [0.15, 0.2) is 16.6 Å². The van der Waals surface area contributed by atoms with Crippen molar-refractivity contribution in [3.8, 4) is 0 Å². The highest BCUT2D eigenvalue weighted by Gasteiger charge is 2.33. The zero-order valence-corrected chi connectivity index (χ0v) is 13.0. The van der Waals surface area contributed by atoms with Crippen LogP contribution in [0, 0.1) is 19.8 Å². The van der Waals surface area contributed by atoms with Crippen molar-refractivity contribution in [3.63, 3.8) is 0 Å². The standard InChI is InChI=1S/C13H18BrNO2S/c1-8-6-12(14)9(2)5-11(8)13(15)10-3-4-18(16,17)7-10/h5-6,10,13H,3-4,7,15H2,1-2H3. The molecule has 2 N–H and O–H groups in total. The van der Waals surface area contributed by atoms with Crippen molar-refractivity contribution in [1.29, 1.82) is 0 Å². The van der Waals surface area contributed by atoms with Gasteiger partial charge in [-0.3, -0.25) is 0 Å². The molecule has 2 atom stereocenters. The van der Waals surface area contributed by atoms with Gasteiger partial charge in [-0.05, 0) is 48.9 Å². The Balaban J connectivity index is 2.30. The third-order valence-electron chi connectivity index (χ3n) is 3.68. The minimum absolute atomic E-state index is 0.0503. The van der Waals surface area contributed by atoms with Gasteiger partial charge < -0.3 is 5.73 Å². The smallest absolute Gasteiger partial charge is 0.150 e. The summed E-state index contributed by atoms with van der Waals surface area (Å²) in [7, 11) is -2.87. The Labute approximate surface area is 117 Å². The first-order valence-electron chi connectivity index (χ1n) is 6.03. The predicted octanol–water partition coefficient (Wildman–Crippen LogP) is 2.50. The molecular formula is C13H18BrNO2S. The van der Waals surface area contributed by atoms with Crippen molar-refractivity contribution in [2.75, 3.05) is 11.5 Å². The Kier molecular flexibility index (Phi) is 3.85. The molecule has 1 saturated heterocycles. The number of hydrogen-bond donors (Lipinski definition) is 1. The van der Waals surface area contributed by atoms with Crippen LogP contribution in [-0.2, 0) is 9.84 Å². The summed E-state index contributed by atoms with van der Waals surface area (Å²) in [6.45, 7) is 4.04. The molecule has 1 aromatic carbocycles. The molecule has 1 aliphatic rings. The maximum atomic E-state index is 11.5. The minimum Gasteiger partial charge on any atom is -0.324 e. The maximum Gasteiger partial charge on any atom is 0.150 e. The van der Waals surface area contributed by atoms with Crippen molar-refractivity contribution >= 4 is 25.8 Å². The molecule has 5 heteroatoms. The number of halogens is 1. The normalized spacial score (nSPS) is 24.1. The topological polar surface area (TPSA) is 60.2 Å². The van der Waals surface area contributed by atoms with Gasteiger partial charge in [-0.25, -0.2) is 8.42 Å². The first-order chi connectivity index (χ1) is 8.30. The quantitative estimate of drug-likeness (QED) is 0.905. The zero-order valence-electron chi connectivity index (χ0n) is 10.6. The van der Waals surface area contributed by atoms with E-state index in [4.69, 9.17) is 5.73 Å². The predicted molar refractivity (Wildman–Crippen MR) is 77.3 cm³/mol. The first kappa shape index (κ1) is 14.0. The lowest BCUT2D eigenvalue weighted by molar-refractivity contribution is 0.478. The molecule has 1 aliphatic heterocycles. The second kappa shape index (κ2) is 4.94. The number of sulfone groups is 1. The molecule has 0 amide bonds. The van der Waals surface area contributed by atoms with E-state index in [0.717, 1.165) is 21.2 Å². The largest absolute Gasteiger partial charge is 0.324 e. The summed E-state index contributed by atoms with van der Waals surface area (Å²) in [5.41, 5.74) is 9.58. The van der Waals surface area contributed by atoms with Crippen LogP contribution < -0.4 is 5.73 Å². The Hall–Kier alpha value is -0.390. The number of nitrogens with two attached hydrogens (primary N) is 1. The van der Waals surface area contributed by atoms with E-state index in [0.29, 0.717) is 6.42 Å². The van der Waals surface area contributed by atoms with Crippen LogP contribution in [0.3, 0.4) is 0 Å². The van der Waals surface area contributed by atoms with Crippen LogP contribution in [0.2, 0.25) is 0 Å². The second-order valence-corrected chi connectivity index (χ2v) is 8.23. The van der Waals surface area contributed by atoms with E-state index < -0.39 is 9.84 Å². The molecule has 100 valence electrons. The average molecular weight is 332 g/mol. The van der Waals surface area contributed by atoms with Crippen LogP contribution >= 0.6 is 15.9 Å². The molecule has 2 rings (SSSR count). The highest BCUT2D eigenvalue weighted by atomic mass is 79.9. The monoisotopic (exact) mass is 331 g/mol. The van der Waals surface area contributed by atoms with Gasteiger partial charge in [0.05, 0.1) is 11.5 Å². The third kappa shape index (κ3) is 2.78. The second-order valence-electron chi connectivity index (χ2n) is 5.15. The van der Waals surface area contributed by atoms with Crippen molar-refractivity contribution < 1.29 is 8.42 Å². The van der Waals surface area contributed by atoms with Crippen molar-refractivity contribution in [2.24, 2.45) is 11.7 Å². The molecule has 0 aromatic heterocycles. The fraction of sp³-hybridized carbons (Fsp3) is 0.538. The van der Waals surface area contributed by atoms with E-state index in [9.17, 15) is 8.42 Å². The van der Waals surface area contributed by atoms with E-state index in [2.05, 4.69) is 22.0 Å². The molecule has 3 nitrogen and oxygen atoms in total. The summed E-state index contributed by atoms with van der Waals surface area (Å²) in [4.78, 5) is 0. The van der Waals surface area contributed by atoms with Crippen LogP contribution in [0.25, 0.3) is 0 Å². The molecule has 0 spiro atoms. The van der Waals surface area contributed by atoms with Crippen LogP contribution in [-0.4, -0.2) is 19.9 Å². The third-order valence-corrected chi connectivity index (χ3v) is 6.33. The summed E-state index contributed by atoms with van der Waals surface area (Å²) in [5, 5.41) is 0. The first-order valence-corrected chi connectivity index (χ1v) is 8.64. The number of rotatable bonds is 2. The van der Waals surface area contributed by atoms with Crippen molar-refractivity contribution in [1.82, 2.24) is 0 Å². The van der Waals surface area contributed by atoms with E-state index in [1.807, 2.05) is 19.9 Å². The summed E-state index contributed by atoms with van der Waals surface area (Å²) < 4.78 is 24.1. The molecule has 0 aliphatic carbocycles. The highest BCUT2D eigenvalue weighted by molar-refractivity contribution is 9.10. The SMILES string of the molecule is Cc1cc(C(N)C2CCS(=O)(=O)C2)c(C)cc1Br. The lowest BCUT2D eigenvalue weighted by Crippen LogP contribution is -2.23. The lowest BCUT2D eigenvalue weighted by atomic mass is 9.90. The number of benzene rings is 1. The van der Waals surface area contributed by atoms with Crippen LogP contribution in [0.1, 0.15) is 29.2 Å². The molecular weight excluding hydrogens is 314 g/mol. The van der Waals surface area contributed by atoms with Crippen LogP contribution in [0.5, 0.6) is 0 Å². The molecule has 0 radical (unpaired) electrons. The molecule has 1 aromatic rings. The fourth-order valence-corrected chi connectivity index (χ4v) is 4.84. The summed E-state index contributed by atoms with van der Waals surface area (Å²) in [6.07, 6.45) is 0.679. The summed E-state index contributed by atoms with van der Waals surface area (Å²) in [5.74, 6) is 0.553. The molecule has 2 unspecified atom stereocenters. The molecule has 18 heavy (non-hydrogen) atoms. The fourth-order valence-electron chi connectivity index (χ4n) is 2.52. The van der Waals surface area contributed by atoms with Gasteiger partial charge in [-0.15, -0.1) is 0 Å². The highest BCUT2D eigenvalue weighted by Crippen LogP contribution is 2.33. The van der Waals surface area contributed by atoms with Gasteiger partial charge in [-0.1, -0.05) is 22.0 Å². The van der Waals surface area contributed by atoms with Crippen molar-refractivity contribution in [3.05, 3.63) is 33.3 Å². The van der Waals surface area contributed by atoms with Gasteiger partial charge in [0.2, 0.25) is 0 Å². The van der Waals surface area contributed by atoms with E-state index in [1.165, 1.54) is 0 Å². The van der Waals surface area contributed by atoms with Gasteiger partial charge in [0.1, 0.15) is 0 Å². The van der Waals surface area contributed by atoms with E-state index in [-0.39, 0.29) is 23.5 Å². The Morgan fingerprint density at radius 1 is 1.33 bits per heavy atom. The Bertz CT molecular complexity index is 569.